The molecule has 1 amide bonds. The van der Waals surface area contributed by atoms with Crippen molar-refractivity contribution in [3.05, 3.63) is 0 Å². The average Bonchev–Trinajstić information content (AvgIpc) is 2.76. The van der Waals surface area contributed by atoms with Gasteiger partial charge in [-0.3, -0.25) is 4.79 Å². The Balaban J connectivity index is 1.92. The first-order chi connectivity index (χ1) is 7.34. The van der Waals surface area contributed by atoms with E-state index in [1.54, 1.807) is 0 Å². The number of hydrogen-bond acceptors (Lipinski definition) is 3. The summed E-state index contributed by atoms with van der Waals surface area (Å²) in [6.45, 7) is 5.15. The predicted molar refractivity (Wildman–Crippen MR) is 59.8 cm³/mol. The molecule has 0 bridgehead atoms. The van der Waals surface area contributed by atoms with Gasteiger partial charge >= 0.3 is 0 Å². The van der Waals surface area contributed by atoms with E-state index in [1.807, 2.05) is 0 Å². The second-order valence-corrected chi connectivity index (χ2v) is 3.91. The van der Waals surface area contributed by atoms with Crippen LogP contribution < -0.4 is 10.6 Å². The topological polar surface area (TPSA) is 50.4 Å². The number of nitrogens with one attached hydrogen (secondary N) is 2. The fraction of sp³-hybridized carbons (Fsp3) is 0.909. The third-order valence-corrected chi connectivity index (χ3v) is 2.56. The van der Waals surface area contributed by atoms with E-state index in [0.717, 1.165) is 38.8 Å². The molecule has 1 aliphatic heterocycles. The van der Waals surface area contributed by atoms with Crippen molar-refractivity contribution in [2.75, 3.05) is 26.3 Å². The van der Waals surface area contributed by atoms with Gasteiger partial charge in [-0.05, 0) is 25.8 Å². The van der Waals surface area contributed by atoms with Crippen molar-refractivity contribution in [1.29, 1.82) is 0 Å². The quantitative estimate of drug-likeness (QED) is 0.612. The molecule has 0 aromatic rings. The first-order valence-electron chi connectivity index (χ1n) is 5.93. The van der Waals surface area contributed by atoms with Gasteiger partial charge in [0.05, 0.1) is 12.6 Å². The Bertz CT molecular complexity index is 179. The summed E-state index contributed by atoms with van der Waals surface area (Å²) in [7, 11) is 0. The van der Waals surface area contributed by atoms with E-state index in [1.165, 1.54) is 0 Å². The van der Waals surface area contributed by atoms with Crippen molar-refractivity contribution in [2.24, 2.45) is 0 Å². The lowest BCUT2D eigenvalue weighted by molar-refractivity contribution is -0.123. The molecule has 0 aromatic carbocycles. The monoisotopic (exact) mass is 214 g/mol. The minimum Gasteiger partial charge on any atom is -0.380 e. The molecule has 0 aliphatic carbocycles. The lowest BCUT2D eigenvalue weighted by atomic mass is 10.2. The Labute approximate surface area is 91.8 Å². The Kier molecular flexibility index (Phi) is 6.36. The second-order valence-electron chi connectivity index (χ2n) is 3.91. The van der Waals surface area contributed by atoms with Crippen LogP contribution in [-0.4, -0.2) is 38.3 Å². The molecular weight excluding hydrogens is 192 g/mol. The number of rotatable bonds is 7. The van der Waals surface area contributed by atoms with Crippen LogP contribution in [0.1, 0.15) is 32.6 Å². The molecule has 0 spiro atoms. The van der Waals surface area contributed by atoms with Crippen LogP contribution >= 0.6 is 0 Å². The van der Waals surface area contributed by atoms with E-state index in [0.29, 0.717) is 13.2 Å². The molecule has 88 valence electrons. The molecule has 15 heavy (non-hydrogen) atoms. The molecule has 0 unspecified atom stereocenters. The van der Waals surface area contributed by atoms with Crippen LogP contribution in [0.25, 0.3) is 0 Å². The highest BCUT2D eigenvalue weighted by Crippen LogP contribution is 2.03. The zero-order valence-corrected chi connectivity index (χ0v) is 9.55. The zero-order chi connectivity index (χ0) is 10.9. The molecule has 0 aromatic heterocycles. The van der Waals surface area contributed by atoms with Crippen LogP contribution in [-0.2, 0) is 9.53 Å². The lowest BCUT2D eigenvalue weighted by Gasteiger charge is -2.10. The average molecular weight is 214 g/mol. The molecule has 0 radical (unpaired) electrons. The van der Waals surface area contributed by atoms with Gasteiger partial charge in [0.25, 0.3) is 0 Å². The first kappa shape index (κ1) is 12.5. The van der Waals surface area contributed by atoms with Crippen molar-refractivity contribution in [3.8, 4) is 0 Å². The van der Waals surface area contributed by atoms with Crippen molar-refractivity contribution in [3.63, 3.8) is 0 Å². The Morgan fingerprint density at radius 2 is 2.40 bits per heavy atom. The van der Waals surface area contributed by atoms with E-state index in [9.17, 15) is 4.79 Å². The predicted octanol–water partition coefficient (Wildman–Crippen LogP) is 0.671. The number of amides is 1. The fourth-order valence-electron chi connectivity index (χ4n) is 1.63. The Morgan fingerprint density at radius 1 is 1.53 bits per heavy atom. The van der Waals surface area contributed by atoms with Gasteiger partial charge in [0.1, 0.15) is 0 Å². The summed E-state index contributed by atoms with van der Waals surface area (Å²) >= 11 is 0. The summed E-state index contributed by atoms with van der Waals surface area (Å²) < 4.78 is 5.35. The normalized spacial score (nSPS) is 20.5. The summed E-state index contributed by atoms with van der Waals surface area (Å²) in [5.41, 5.74) is 0. The van der Waals surface area contributed by atoms with Crippen molar-refractivity contribution < 1.29 is 9.53 Å². The molecule has 1 heterocycles. The minimum atomic E-state index is 0.0284. The van der Waals surface area contributed by atoms with Gasteiger partial charge in [0, 0.05) is 13.2 Å². The van der Waals surface area contributed by atoms with Gasteiger partial charge in [-0.15, -0.1) is 0 Å². The molecule has 4 nitrogen and oxygen atoms in total. The maximum absolute atomic E-state index is 11.5. The van der Waals surface area contributed by atoms with Crippen LogP contribution in [0.4, 0.5) is 0 Å². The highest BCUT2D eigenvalue weighted by molar-refractivity contribution is 5.81. The van der Waals surface area contributed by atoms with E-state index < -0.39 is 0 Å². The molecular formula is C11H22N2O2. The molecule has 1 fully saturated rings. The zero-order valence-electron chi connectivity index (χ0n) is 9.55. The van der Waals surface area contributed by atoms with Crippen LogP contribution in [0.5, 0.6) is 0 Å². The van der Waals surface area contributed by atoms with Gasteiger partial charge in [0.2, 0.25) is 5.91 Å². The first-order valence-corrected chi connectivity index (χ1v) is 5.93. The lowest BCUT2D eigenvalue weighted by Crippen LogP contribution is -2.41. The molecule has 1 saturated heterocycles. The number of ether oxygens (including phenoxy) is 1. The van der Waals surface area contributed by atoms with Crippen molar-refractivity contribution >= 4 is 5.91 Å². The third-order valence-electron chi connectivity index (χ3n) is 2.56. The molecule has 1 rings (SSSR count). The maximum atomic E-state index is 11.5. The maximum Gasteiger partial charge on any atom is 0.237 e. The summed E-state index contributed by atoms with van der Waals surface area (Å²) in [5.74, 6) is 0.117. The van der Waals surface area contributed by atoms with E-state index >= 15 is 0 Å². The largest absolute Gasteiger partial charge is 0.380 e. The van der Waals surface area contributed by atoms with E-state index in [-0.39, 0.29) is 11.9 Å². The molecule has 1 aliphatic rings. The van der Waals surface area contributed by atoms with Gasteiger partial charge in [-0.2, -0.15) is 0 Å². The van der Waals surface area contributed by atoms with Gasteiger partial charge < -0.3 is 15.4 Å². The van der Waals surface area contributed by atoms with Gasteiger partial charge in [0.15, 0.2) is 0 Å². The standard InChI is InChI=1S/C11H22N2O2/c1-2-3-8-15-9-7-13-11(14)10-5-4-6-12-10/h10,12H,2-9H2,1H3,(H,13,14)/t10-/m0/s1. The molecule has 2 N–H and O–H groups in total. The van der Waals surface area contributed by atoms with Gasteiger partial charge in [-0.25, -0.2) is 0 Å². The highest BCUT2D eigenvalue weighted by atomic mass is 16.5. The Hall–Kier alpha value is -0.610. The fourth-order valence-corrected chi connectivity index (χ4v) is 1.63. The molecule has 0 saturated carbocycles. The molecule has 4 heteroatoms. The van der Waals surface area contributed by atoms with Crippen LogP contribution in [0, 0.1) is 0 Å². The third kappa shape index (κ3) is 5.14. The van der Waals surface area contributed by atoms with E-state index in [2.05, 4.69) is 17.6 Å². The van der Waals surface area contributed by atoms with Crippen LogP contribution in [0.3, 0.4) is 0 Å². The van der Waals surface area contributed by atoms with E-state index in [4.69, 9.17) is 4.74 Å². The van der Waals surface area contributed by atoms with Crippen LogP contribution in [0.2, 0.25) is 0 Å². The highest BCUT2D eigenvalue weighted by Gasteiger charge is 2.20. The Morgan fingerprint density at radius 3 is 3.07 bits per heavy atom. The minimum absolute atomic E-state index is 0.0284. The summed E-state index contributed by atoms with van der Waals surface area (Å²) in [6.07, 6.45) is 4.31. The number of hydrogen-bond donors (Lipinski definition) is 2. The number of carbonyl (C=O) groups excluding carboxylic acids is 1. The van der Waals surface area contributed by atoms with Crippen molar-refractivity contribution in [1.82, 2.24) is 10.6 Å². The molecule has 1 atom stereocenters. The summed E-state index contributed by atoms with van der Waals surface area (Å²) in [5, 5.41) is 6.04. The number of carbonyl (C=O) groups is 1. The second kappa shape index (κ2) is 7.65. The van der Waals surface area contributed by atoms with Gasteiger partial charge in [-0.1, -0.05) is 13.3 Å². The van der Waals surface area contributed by atoms with Crippen LogP contribution in [0.15, 0.2) is 0 Å². The summed E-state index contributed by atoms with van der Waals surface area (Å²) in [4.78, 5) is 11.5. The smallest absolute Gasteiger partial charge is 0.237 e. The summed E-state index contributed by atoms with van der Waals surface area (Å²) in [6, 6.07) is 0.0284. The SMILES string of the molecule is CCCCOCCNC(=O)[C@@H]1CCCN1. The van der Waals surface area contributed by atoms with Crippen molar-refractivity contribution in [2.45, 2.75) is 38.6 Å². The number of unbranched alkanes of at least 4 members (excludes halogenated alkanes) is 1.